The Kier molecular flexibility index (Phi) is 6.53. The molecule has 6 heteroatoms. The summed E-state index contributed by atoms with van der Waals surface area (Å²) >= 11 is 0. The standard InChI is InChI=1S/C22H25NO5/c1-2-27-19-9-7-15(8-10-19)11-17(22(25)26)13-23-21(24)18-12-16-5-3-4-6-20(16)28-14-18/h3-10,17-18H,2,11-14H2,1H3,(H,23,24)(H,25,26). The maximum atomic E-state index is 12.5. The van der Waals surface area contributed by atoms with Crippen LogP contribution >= 0.6 is 0 Å². The molecule has 2 aromatic rings. The van der Waals surface area contributed by atoms with Crippen LogP contribution in [0.2, 0.25) is 0 Å². The summed E-state index contributed by atoms with van der Waals surface area (Å²) in [5, 5.41) is 12.3. The SMILES string of the molecule is CCOc1ccc(CC(CNC(=O)C2COc3ccccc3C2)C(=O)O)cc1. The lowest BCUT2D eigenvalue weighted by molar-refractivity contribution is -0.141. The second-order valence-corrected chi connectivity index (χ2v) is 6.88. The number of carboxylic acids is 1. The molecule has 1 aliphatic heterocycles. The van der Waals surface area contributed by atoms with Crippen molar-refractivity contribution in [2.75, 3.05) is 19.8 Å². The van der Waals surface area contributed by atoms with E-state index in [9.17, 15) is 14.7 Å². The van der Waals surface area contributed by atoms with Gasteiger partial charge in [-0.05, 0) is 49.1 Å². The highest BCUT2D eigenvalue weighted by atomic mass is 16.5. The molecular formula is C22H25NO5. The molecule has 148 valence electrons. The highest BCUT2D eigenvalue weighted by Crippen LogP contribution is 2.26. The zero-order valence-corrected chi connectivity index (χ0v) is 15.9. The fourth-order valence-corrected chi connectivity index (χ4v) is 3.28. The lowest BCUT2D eigenvalue weighted by Crippen LogP contribution is -2.41. The molecule has 0 aromatic heterocycles. The van der Waals surface area contributed by atoms with Gasteiger partial charge in [-0.25, -0.2) is 0 Å². The van der Waals surface area contributed by atoms with E-state index in [0.29, 0.717) is 26.1 Å². The number of para-hydroxylation sites is 1. The molecule has 1 amide bonds. The number of carbonyl (C=O) groups is 2. The smallest absolute Gasteiger partial charge is 0.308 e. The molecule has 0 spiro atoms. The maximum Gasteiger partial charge on any atom is 0.308 e. The molecule has 0 fully saturated rings. The maximum absolute atomic E-state index is 12.5. The number of carbonyl (C=O) groups excluding carboxylic acids is 1. The van der Waals surface area contributed by atoms with Crippen molar-refractivity contribution < 1.29 is 24.2 Å². The number of aliphatic carboxylic acids is 1. The molecule has 2 unspecified atom stereocenters. The van der Waals surface area contributed by atoms with Gasteiger partial charge in [-0.3, -0.25) is 9.59 Å². The monoisotopic (exact) mass is 383 g/mol. The van der Waals surface area contributed by atoms with E-state index in [1.54, 1.807) is 0 Å². The molecule has 3 rings (SSSR count). The summed E-state index contributed by atoms with van der Waals surface area (Å²) in [5.41, 5.74) is 1.89. The van der Waals surface area contributed by atoms with Crippen LogP contribution in [0.15, 0.2) is 48.5 Å². The van der Waals surface area contributed by atoms with E-state index < -0.39 is 11.9 Å². The molecule has 0 saturated heterocycles. The third kappa shape index (κ3) is 5.03. The summed E-state index contributed by atoms with van der Waals surface area (Å²) in [4.78, 5) is 24.1. The van der Waals surface area contributed by atoms with Crippen molar-refractivity contribution in [3.05, 3.63) is 59.7 Å². The van der Waals surface area contributed by atoms with E-state index in [2.05, 4.69) is 5.32 Å². The van der Waals surface area contributed by atoms with Gasteiger partial charge in [-0.2, -0.15) is 0 Å². The van der Waals surface area contributed by atoms with Crippen molar-refractivity contribution in [2.45, 2.75) is 19.8 Å². The molecule has 0 radical (unpaired) electrons. The molecule has 2 aromatic carbocycles. The first kappa shape index (κ1) is 19.7. The van der Waals surface area contributed by atoms with E-state index >= 15 is 0 Å². The molecule has 0 aliphatic carbocycles. The van der Waals surface area contributed by atoms with E-state index in [1.165, 1.54) is 0 Å². The van der Waals surface area contributed by atoms with Crippen LogP contribution in [0.1, 0.15) is 18.1 Å². The second-order valence-electron chi connectivity index (χ2n) is 6.88. The van der Waals surface area contributed by atoms with Crippen molar-refractivity contribution in [1.29, 1.82) is 0 Å². The quantitative estimate of drug-likeness (QED) is 0.732. The van der Waals surface area contributed by atoms with Gasteiger partial charge >= 0.3 is 5.97 Å². The van der Waals surface area contributed by atoms with Crippen molar-refractivity contribution in [2.24, 2.45) is 11.8 Å². The largest absolute Gasteiger partial charge is 0.494 e. The topological polar surface area (TPSA) is 84.9 Å². The van der Waals surface area contributed by atoms with Gasteiger partial charge in [0, 0.05) is 6.54 Å². The van der Waals surface area contributed by atoms with Crippen LogP contribution in [-0.4, -0.2) is 36.7 Å². The highest BCUT2D eigenvalue weighted by Gasteiger charge is 2.27. The average molecular weight is 383 g/mol. The molecule has 1 heterocycles. The fraction of sp³-hybridized carbons (Fsp3) is 0.364. The number of amides is 1. The van der Waals surface area contributed by atoms with E-state index in [-0.39, 0.29) is 18.4 Å². The van der Waals surface area contributed by atoms with Gasteiger partial charge in [0.2, 0.25) is 5.91 Å². The van der Waals surface area contributed by atoms with E-state index in [1.807, 2.05) is 55.5 Å². The van der Waals surface area contributed by atoms with Gasteiger partial charge in [0.1, 0.15) is 18.1 Å². The van der Waals surface area contributed by atoms with E-state index in [4.69, 9.17) is 9.47 Å². The first-order valence-electron chi connectivity index (χ1n) is 9.49. The minimum atomic E-state index is -0.931. The Hall–Kier alpha value is -3.02. The third-order valence-corrected chi connectivity index (χ3v) is 4.84. The van der Waals surface area contributed by atoms with Gasteiger partial charge < -0.3 is 19.9 Å². The minimum Gasteiger partial charge on any atom is -0.494 e. The number of hydrogen-bond acceptors (Lipinski definition) is 4. The van der Waals surface area contributed by atoms with E-state index in [0.717, 1.165) is 22.6 Å². The van der Waals surface area contributed by atoms with Gasteiger partial charge in [-0.1, -0.05) is 30.3 Å². The minimum absolute atomic E-state index is 0.0829. The number of nitrogens with one attached hydrogen (secondary N) is 1. The zero-order chi connectivity index (χ0) is 19.9. The van der Waals surface area contributed by atoms with Crippen molar-refractivity contribution in [1.82, 2.24) is 5.32 Å². The summed E-state index contributed by atoms with van der Waals surface area (Å²) in [6.45, 7) is 2.88. The second kappa shape index (κ2) is 9.26. The Morgan fingerprint density at radius 1 is 1.21 bits per heavy atom. The lowest BCUT2D eigenvalue weighted by Gasteiger charge is -2.25. The number of rotatable bonds is 8. The third-order valence-electron chi connectivity index (χ3n) is 4.84. The Labute approximate surface area is 164 Å². The lowest BCUT2D eigenvalue weighted by atomic mass is 9.95. The molecular weight excluding hydrogens is 358 g/mol. The van der Waals surface area contributed by atoms with Crippen molar-refractivity contribution >= 4 is 11.9 Å². The molecule has 2 atom stereocenters. The molecule has 0 saturated carbocycles. The summed E-state index contributed by atoms with van der Waals surface area (Å²) in [7, 11) is 0. The molecule has 2 N–H and O–H groups in total. The first-order valence-corrected chi connectivity index (χ1v) is 9.49. The van der Waals surface area contributed by atoms with Crippen molar-refractivity contribution in [3.8, 4) is 11.5 Å². The molecule has 28 heavy (non-hydrogen) atoms. The summed E-state index contributed by atoms with van der Waals surface area (Å²) in [5.74, 6) is -0.546. The summed E-state index contributed by atoms with van der Waals surface area (Å²) in [6.07, 6.45) is 0.935. The molecule has 0 bridgehead atoms. The van der Waals surface area contributed by atoms with Gasteiger partial charge in [0.15, 0.2) is 0 Å². The van der Waals surface area contributed by atoms with Crippen LogP contribution in [0.25, 0.3) is 0 Å². The summed E-state index contributed by atoms with van der Waals surface area (Å²) < 4.78 is 11.0. The van der Waals surface area contributed by atoms with Crippen LogP contribution in [0, 0.1) is 11.8 Å². The number of ether oxygens (including phenoxy) is 2. The Balaban J connectivity index is 1.54. The molecule has 6 nitrogen and oxygen atoms in total. The van der Waals surface area contributed by atoms with Gasteiger partial charge in [-0.15, -0.1) is 0 Å². The first-order chi connectivity index (χ1) is 13.6. The van der Waals surface area contributed by atoms with Crippen molar-refractivity contribution in [3.63, 3.8) is 0 Å². The van der Waals surface area contributed by atoms with Crippen LogP contribution in [0.3, 0.4) is 0 Å². The Morgan fingerprint density at radius 3 is 2.68 bits per heavy atom. The number of hydrogen-bond donors (Lipinski definition) is 2. The normalized spacial score (nSPS) is 16.4. The van der Waals surface area contributed by atoms with Crippen LogP contribution in [-0.2, 0) is 22.4 Å². The Bertz CT molecular complexity index is 818. The number of fused-ring (bicyclic) bond motifs is 1. The zero-order valence-electron chi connectivity index (χ0n) is 15.9. The average Bonchev–Trinajstić information content (AvgIpc) is 2.71. The van der Waals surface area contributed by atoms with Crippen LogP contribution in [0.5, 0.6) is 11.5 Å². The van der Waals surface area contributed by atoms with Crippen LogP contribution < -0.4 is 14.8 Å². The number of benzene rings is 2. The Morgan fingerprint density at radius 2 is 1.96 bits per heavy atom. The van der Waals surface area contributed by atoms with Crippen LogP contribution in [0.4, 0.5) is 0 Å². The highest BCUT2D eigenvalue weighted by molar-refractivity contribution is 5.80. The van der Waals surface area contributed by atoms with Gasteiger partial charge in [0.05, 0.1) is 18.4 Å². The van der Waals surface area contributed by atoms with Gasteiger partial charge in [0.25, 0.3) is 0 Å². The summed E-state index contributed by atoms with van der Waals surface area (Å²) in [6, 6.07) is 15.0. The predicted molar refractivity (Wildman–Crippen MR) is 105 cm³/mol. The predicted octanol–water partition coefficient (Wildman–Crippen LogP) is 2.70. The fourth-order valence-electron chi connectivity index (χ4n) is 3.28. The molecule has 1 aliphatic rings. The number of carboxylic acid groups (broad SMARTS) is 1.